The van der Waals surface area contributed by atoms with Crippen LogP contribution in [-0.2, 0) is 23.9 Å². The molecule has 8 heteroatoms. The normalized spacial score (nSPS) is 15.8. The number of rotatable bonds is 9. The van der Waals surface area contributed by atoms with Gasteiger partial charge in [0, 0.05) is 31.7 Å². The highest BCUT2D eigenvalue weighted by Gasteiger charge is 2.29. The number of ether oxygens (including phenoxy) is 1. The second-order valence-electron chi connectivity index (χ2n) is 7.82. The summed E-state index contributed by atoms with van der Waals surface area (Å²) >= 11 is 0. The Morgan fingerprint density at radius 3 is 2.61 bits per heavy atom. The van der Waals surface area contributed by atoms with Gasteiger partial charge in [-0.1, -0.05) is 32.0 Å². The highest BCUT2D eigenvalue weighted by molar-refractivity contribution is 5.95. The van der Waals surface area contributed by atoms with Crippen molar-refractivity contribution in [1.82, 2.24) is 9.80 Å². The topological polar surface area (TPSA) is 96.0 Å². The smallest absolute Gasteiger partial charge is 0.311 e. The molecule has 0 spiro atoms. The van der Waals surface area contributed by atoms with Gasteiger partial charge in [0.1, 0.15) is 0 Å². The van der Waals surface area contributed by atoms with Crippen LogP contribution >= 0.6 is 0 Å². The molecule has 3 amide bonds. The number of hydrogen-bond donors (Lipinski definition) is 1. The van der Waals surface area contributed by atoms with Gasteiger partial charge in [0.15, 0.2) is 6.61 Å². The molecule has 1 aromatic rings. The first kappa shape index (κ1) is 24.4. The van der Waals surface area contributed by atoms with E-state index in [-0.39, 0.29) is 18.4 Å². The standard InChI is InChI=1S/C23H33N3O5/c1-4-12-25(15-20(27)24-19-11-7-6-9-17(19)3)22(29)16-31-23(30)18-10-8-13-26(14-18)21(28)5-2/h6-7,9,11,18H,4-5,8,10,12-16H2,1-3H3,(H,24,27). The molecule has 1 atom stereocenters. The van der Waals surface area contributed by atoms with Crippen LogP contribution in [0.25, 0.3) is 0 Å². The Bertz CT molecular complexity index is 795. The Morgan fingerprint density at radius 2 is 1.94 bits per heavy atom. The number of carbonyl (C=O) groups is 4. The van der Waals surface area contributed by atoms with Crippen molar-refractivity contribution in [3.8, 4) is 0 Å². The summed E-state index contributed by atoms with van der Waals surface area (Å²) in [5, 5.41) is 2.81. The van der Waals surface area contributed by atoms with E-state index in [2.05, 4.69) is 5.32 Å². The number of para-hydroxylation sites is 1. The van der Waals surface area contributed by atoms with Gasteiger partial charge in [0.05, 0.1) is 12.5 Å². The number of hydrogen-bond acceptors (Lipinski definition) is 5. The van der Waals surface area contributed by atoms with E-state index >= 15 is 0 Å². The Hall–Kier alpha value is -2.90. The first-order valence-corrected chi connectivity index (χ1v) is 10.9. The van der Waals surface area contributed by atoms with Crippen LogP contribution in [-0.4, -0.2) is 66.3 Å². The van der Waals surface area contributed by atoms with Crippen molar-refractivity contribution in [3.05, 3.63) is 29.8 Å². The van der Waals surface area contributed by atoms with Crippen molar-refractivity contribution in [1.29, 1.82) is 0 Å². The molecule has 1 aliphatic heterocycles. The minimum absolute atomic E-state index is 0.0161. The maximum atomic E-state index is 12.6. The van der Waals surface area contributed by atoms with E-state index in [4.69, 9.17) is 4.74 Å². The molecule has 31 heavy (non-hydrogen) atoms. The number of nitrogens with zero attached hydrogens (tertiary/aromatic N) is 2. The summed E-state index contributed by atoms with van der Waals surface area (Å²) in [5.41, 5.74) is 1.63. The van der Waals surface area contributed by atoms with Crippen molar-refractivity contribution in [2.75, 3.05) is 38.1 Å². The third-order valence-electron chi connectivity index (χ3n) is 5.35. The fourth-order valence-corrected chi connectivity index (χ4v) is 3.60. The minimum Gasteiger partial charge on any atom is -0.455 e. The SMILES string of the molecule is CCCN(CC(=O)Nc1ccccc1C)C(=O)COC(=O)C1CCCN(C(=O)CC)C1. The molecular formula is C23H33N3O5. The van der Waals surface area contributed by atoms with Crippen molar-refractivity contribution in [2.24, 2.45) is 5.92 Å². The largest absolute Gasteiger partial charge is 0.455 e. The number of likely N-dealkylation sites (tertiary alicyclic amines) is 1. The van der Waals surface area contributed by atoms with Gasteiger partial charge in [-0.15, -0.1) is 0 Å². The summed E-state index contributed by atoms with van der Waals surface area (Å²) in [6.07, 6.45) is 2.45. The third kappa shape index (κ3) is 7.38. The molecule has 1 fully saturated rings. The molecule has 0 radical (unpaired) electrons. The van der Waals surface area contributed by atoms with E-state index in [0.717, 1.165) is 12.0 Å². The lowest BCUT2D eigenvalue weighted by Gasteiger charge is -2.31. The van der Waals surface area contributed by atoms with Crippen LogP contribution in [0.3, 0.4) is 0 Å². The molecule has 0 aliphatic carbocycles. The first-order valence-electron chi connectivity index (χ1n) is 10.9. The Labute approximate surface area is 183 Å². The van der Waals surface area contributed by atoms with Gasteiger partial charge in [0.2, 0.25) is 11.8 Å². The fraction of sp³-hybridized carbons (Fsp3) is 0.565. The number of amides is 3. The van der Waals surface area contributed by atoms with Crippen LogP contribution in [0, 0.1) is 12.8 Å². The molecular weight excluding hydrogens is 398 g/mol. The molecule has 170 valence electrons. The highest BCUT2D eigenvalue weighted by atomic mass is 16.5. The maximum Gasteiger partial charge on any atom is 0.311 e. The van der Waals surface area contributed by atoms with Gasteiger partial charge in [-0.2, -0.15) is 0 Å². The molecule has 1 saturated heterocycles. The lowest BCUT2D eigenvalue weighted by atomic mass is 9.98. The lowest BCUT2D eigenvalue weighted by molar-refractivity contribution is -0.158. The molecule has 1 aromatic carbocycles. The number of anilines is 1. The average Bonchev–Trinajstić information content (AvgIpc) is 2.78. The predicted octanol–water partition coefficient (Wildman–Crippen LogP) is 2.36. The van der Waals surface area contributed by atoms with E-state index in [1.165, 1.54) is 4.90 Å². The van der Waals surface area contributed by atoms with Gasteiger partial charge in [-0.05, 0) is 37.8 Å². The Morgan fingerprint density at radius 1 is 1.19 bits per heavy atom. The van der Waals surface area contributed by atoms with Crippen molar-refractivity contribution >= 4 is 29.4 Å². The maximum absolute atomic E-state index is 12.6. The van der Waals surface area contributed by atoms with Crippen molar-refractivity contribution in [3.63, 3.8) is 0 Å². The zero-order chi connectivity index (χ0) is 22.8. The number of nitrogens with one attached hydrogen (secondary N) is 1. The van der Waals surface area contributed by atoms with Crippen LogP contribution in [0.2, 0.25) is 0 Å². The summed E-state index contributed by atoms with van der Waals surface area (Å²) in [6.45, 7) is 6.44. The van der Waals surface area contributed by atoms with E-state index in [9.17, 15) is 19.2 Å². The number of benzene rings is 1. The molecule has 1 unspecified atom stereocenters. The average molecular weight is 432 g/mol. The first-order chi connectivity index (χ1) is 14.8. The van der Waals surface area contributed by atoms with Crippen LogP contribution in [0.4, 0.5) is 5.69 Å². The molecule has 2 rings (SSSR count). The minimum atomic E-state index is -0.470. The highest BCUT2D eigenvalue weighted by Crippen LogP contribution is 2.19. The van der Waals surface area contributed by atoms with E-state index in [0.29, 0.717) is 44.6 Å². The van der Waals surface area contributed by atoms with Crippen LogP contribution in [0.1, 0.15) is 45.1 Å². The zero-order valence-corrected chi connectivity index (χ0v) is 18.7. The van der Waals surface area contributed by atoms with E-state index in [1.54, 1.807) is 17.9 Å². The molecule has 0 saturated carbocycles. The second kappa shape index (κ2) is 12.1. The Balaban J connectivity index is 1.87. The van der Waals surface area contributed by atoms with Crippen molar-refractivity contribution < 1.29 is 23.9 Å². The number of carbonyl (C=O) groups excluding carboxylic acids is 4. The summed E-state index contributed by atoms with van der Waals surface area (Å²) in [6, 6.07) is 7.41. The summed E-state index contributed by atoms with van der Waals surface area (Å²) in [7, 11) is 0. The van der Waals surface area contributed by atoms with Gasteiger partial charge in [-0.25, -0.2) is 0 Å². The second-order valence-corrected chi connectivity index (χ2v) is 7.82. The molecule has 1 aliphatic rings. The molecule has 1 heterocycles. The van der Waals surface area contributed by atoms with Crippen molar-refractivity contribution in [2.45, 2.75) is 46.5 Å². The molecule has 1 N–H and O–H groups in total. The van der Waals surface area contributed by atoms with Gasteiger partial charge < -0.3 is 19.9 Å². The quantitative estimate of drug-likeness (QED) is 0.606. The van der Waals surface area contributed by atoms with Gasteiger partial charge >= 0.3 is 5.97 Å². The van der Waals surface area contributed by atoms with Crippen LogP contribution in [0.5, 0.6) is 0 Å². The van der Waals surface area contributed by atoms with Crippen LogP contribution < -0.4 is 5.32 Å². The number of piperidine rings is 1. The Kier molecular flexibility index (Phi) is 9.49. The number of aryl methyl sites for hydroxylation is 1. The fourth-order valence-electron chi connectivity index (χ4n) is 3.60. The van der Waals surface area contributed by atoms with Gasteiger partial charge in [-0.3, -0.25) is 19.2 Å². The summed E-state index contributed by atoms with van der Waals surface area (Å²) in [5.74, 6) is -1.58. The lowest BCUT2D eigenvalue weighted by Crippen LogP contribution is -2.44. The monoisotopic (exact) mass is 431 g/mol. The van der Waals surface area contributed by atoms with E-state index < -0.39 is 24.4 Å². The van der Waals surface area contributed by atoms with E-state index in [1.807, 2.05) is 32.0 Å². The summed E-state index contributed by atoms with van der Waals surface area (Å²) in [4.78, 5) is 52.4. The zero-order valence-electron chi connectivity index (χ0n) is 18.7. The molecule has 0 aromatic heterocycles. The van der Waals surface area contributed by atoms with Gasteiger partial charge in [0.25, 0.3) is 5.91 Å². The summed E-state index contributed by atoms with van der Waals surface area (Å²) < 4.78 is 5.25. The number of esters is 1. The molecule has 8 nitrogen and oxygen atoms in total. The third-order valence-corrected chi connectivity index (χ3v) is 5.35. The molecule has 0 bridgehead atoms. The predicted molar refractivity (Wildman–Crippen MR) is 117 cm³/mol. The van der Waals surface area contributed by atoms with Crippen LogP contribution in [0.15, 0.2) is 24.3 Å².